The second kappa shape index (κ2) is 11.4. The molecule has 0 spiro atoms. The van der Waals surface area contributed by atoms with Crippen molar-refractivity contribution < 1.29 is 0 Å². The number of fused-ring (bicyclic) bond motifs is 7. The van der Waals surface area contributed by atoms with Crippen molar-refractivity contribution in [1.82, 2.24) is 4.57 Å². The molecule has 3 nitrogen and oxygen atoms in total. The van der Waals surface area contributed by atoms with Gasteiger partial charge in [0.2, 0.25) is 0 Å². The zero-order valence-corrected chi connectivity index (χ0v) is 26.2. The molecule has 48 heavy (non-hydrogen) atoms. The van der Waals surface area contributed by atoms with E-state index in [1.165, 1.54) is 55.4 Å². The number of nitrogens with one attached hydrogen (secondary N) is 2. The summed E-state index contributed by atoms with van der Waals surface area (Å²) in [7, 11) is 0. The standard InChI is InChI=1S/C45H31N3/c46-29-34-27-40-43(28-41(34)47-35-17-8-3-9-18-35)48(36-22-20-31(21-23-36)30-12-4-1-5-13-30)42-25-24-38-39(32-14-6-2-7-15-32)26-33-16-10-11-19-37(33)44(38)45(40)42/h1-29,46-47H. The Bertz CT molecular complexity index is 2620. The first-order valence-electron chi connectivity index (χ1n) is 16.3. The summed E-state index contributed by atoms with van der Waals surface area (Å²) in [5.74, 6) is 0. The summed E-state index contributed by atoms with van der Waals surface area (Å²) >= 11 is 0. The molecular formula is C45H31N3. The smallest absolute Gasteiger partial charge is 0.0562 e. The Labute approximate surface area is 278 Å². The molecule has 0 saturated carbocycles. The summed E-state index contributed by atoms with van der Waals surface area (Å²) in [5, 5.41) is 19.3. The lowest BCUT2D eigenvalue weighted by atomic mass is 9.91. The van der Waals surface area contributed by atoms with Crippen molar-refractivity contribution in [2.75, 3.05) is 5.32 Å². The number of rotatable bonds is 6. The average molecular weight is 614 g/mol. The highest BCUT2D eigenvalue weighted by atomic mass is 15.0. The molecule has 9 aromatic rings. The average Bonchev–Trinajstić information content (AvgIpc) is 3.48. The predicted octanol–water partition coefficient (Wildman–Crippen LogP) is 12.2. The zero-order chi connectivity index (χ0) is 32.0. The van der Waals surface area contributed by atoms with Crippen LogP contribution in [-0.4, -0.2) is 10.8 Å². The van der Waals surface area contributed by atoms with Gasteiger partial charge in [0.15, 0.2) is 0 Å². The molecule has 9 rings (SSSR count). The summed E-state index contributed by atoms with van der Waals surface area (Å²) in [5.41, 5.74) is 10.8. The monoisotopic (exact) mass is 613 g/mol. The van der Waals surface area contributed by atoms with E-state index >= 15 is 0 Å². The minimum atomic E-state index is 0.838. The van der Waals surface area contributed by atoms with E-state index in [2.05, 4.69) is 162 Å². The minimum Gasteiger partial charge on any atom is -0.355 e. The van der Waals surface area contributed by atoms with Crippen LogP contribution in [0.3, 0.4) is 0 Å². The predicted molar refractivity (Wildman–Crippen MR) is 204 cm³/mol. The highest BCUT2D eigenvalue weighted by Crippen LogP contribution is 2.44. The molecule has 226 valence electrons. The molecule has 0 saturated heterocycles. The topological polar surface area (TPSA) is 40.8 Å². The third-order valence-corrected chi connectivity index (χ3v) is 9.45. The van der Waals surface area contributed by atoms with Gasteiger partial charge in [0.05, 0.1) is 11.0 Å². The number of para-hydroxylation sites is 1. The highest BCUT2D eigenvalue weighted by Gasteiger charge is 2.20. The van der Waals surface area contributed by atoms with Gasteiger partial charge in [0, 0.05) is 45.0 Å². The molecule has 8 aromatic carbocycles. The van der Waals surface area contributed by atoms with E-state index < -0.39 is 0 Å². The number of anilines is 2. The van der Waals surface area contributed by atoms with Gasteiger partial charge in [-0.15, -0.1) is 0 Å². The number of benzene rings is 8. The fourth-order valence-electron chi connectivity index (χ4n) is 7.23. The maximum atomic E-state index is 8.48. The van der Waals surface area contributed by atoms with Crippen molar-refractivity contribution in [2.24, 2.45) is 0 Å². The maximum absolute atomic E-state index is 8.48. The molecule has 0 fully saturated rings. The molecule has 0 unspecified atom stereocenters. The van der Waals surface area contributed by atoms with Gasteiger partial charge in [0.25, 0.3) is 0 Å². The lowest BCUT2D eigenvalue weighted by molar-refractivity contribution is 1.18. The molecule has 0 bridgehead atoms. The first-order chi connectivity index (χ1) is 23.8. The van der Waals surface area contributed by atoms with E-state index in [4.69, 9.17) is 5.41 Å². The van der Waals surface area contributed by atoms with Crippen LogP contribution in [0.15, 0.2) is 170 Å². The third-order valence-electron chi connectivity index (χ3n) is 9.45. The Balaban J connectivity index is 1.40. The Morgan fingerprint density at radius 1 is 0.479 bits per heavy atom. The van der Waals surface area contributed by atoms with Crippen LogP contribution in [0.25, 0.3) is 71.3 Å². The van der Waals surface area contributed by atoms with Crippen molar-refractivity contribution in [3.05, 3.63) is 175 Å². The van der Waals surface area contributed by atoms with Crippen LogP contribution in [0.4, 0.5) is 11.4 Å². The SMILES string of the molecule is N=Cc1cc2c3c4c(ccc3n(-c3ccc(-c5ccccc5)cc3)c2cc1Nc1ccccc1)c(-c1ccccc1)cc1ccccc14. The maximum Gasteiger partial charge on any atom is 0.0562 e. The normalized spacial score (nSPS) is 11.4. The number of aromatic nitrogens is 1. The molecule has 0 aliphatic carbocycles. The Kier molecular flexibility index (Phi) is 6.62. The molecule has 0 aliphatic rings. The van der Waals surface area contributed by atoms with Gasteiger partial charge >= 0.3 is 0 Å². The van der Waals surface area contributed by atoms with E-state index in [9.17, 15) is 0 Å². The van der Waals surface area contributed by atoms with Gasteiger partial charge in [-0.05, 0) is 86.9 Å². The first-order valence-corrected chi connectivity index (χ1v) is 16.3. The fraction of sp³-hybridized carbons (Fsp3) is 0. The van der Waals surface area contributed by atoms with Crippen LogP contribution in [0.1, 0.15) is 5.56 Å². The lowest BCUT2D eigenvalue weighted by Gasteiger charge is -2.14. The summed E-state index contributed by atoms with van der Waals surface area (Å²) < 4.78 is 2.38. The number of nitrogens with zero attached hydrogens (tertiary/aromatic N) is 1. The Morgan fingerprint density at radius 2 is 1.12 bits per heavy atom. The van der Waals surface area contributed by atoms with Gasteiger partial charge in [-0.1, -0.05) is 121 Å². The van der Waals surface area contributed by atoms with Crippen molar-refractivity contribution in [2.45, 2.75) is 0 Å². The molecule has 1 heterocycles. The number of hydrogen-bond donors (Lipinski definition) is 2. The molecule has 3 heteroatoms. The largest absolute Gasteiger partial charge is 0.355 e. The second-order valence-electron chi connectivity index (χ2n) is 12.2. The van der Waals surface area contributed by atoms with E-state index in [0.717, 1.165) is 39.0 Å². The zero-order valence-electron chi connectivity index (χ0n) is 26.2. The molecule has 0 atom stereocenters. The molecule has 0 radical (unpaired) electrons. The van der Waals surface area contributed by atoms with Crippen molar-refractivity contribution in [3.8, 4) is 27.9 Å². The van der Waals surface area contributed by atoms with Crippen LogP contribution in [0.5, 0.6) is 0 Å². The lowest BCUT2D eigenvalue weighted by Crippen LogP contribution is -1.98. The summed E-state index contributed by atoms with van der Waals surface area (Å²) in [4.78, 5) is 0. The molecule has 1 aromatic heterocycles. The van der Waals surface area contributed by atoms with Crippen molar-refractivity contribution in [3.63, 3.8) is 0 Å². The van der Waals surface area contributed by atoms with Crippen LogP contribution >= 0.6 is 0 Å². The van der Waals surface area contributed by atoms with E-state index in [0.29, 0.717) is 0 Å². The van der Waals surface area contributed by atoms with Crippen LogP contribution in [-0.2, 0) is 0 Å². The summed E-state index contributed by atoms with van der Waals surface area (Å²) in [6.07, 6.45) is 1.46. The third kappa shape index (κ3) is 4.56. The van der Waals surface area contributed by atoms with Gasteiger partial charge in [-0.3, -0.25) is 0 Å². The van der Waals surface area contributed by atoms with Crippen molar-refractivity contribution in [1.29, 1.82) is 5.41 Å². The van der Waals surface area contributed by atoms with E-state index in [-0.39, 0.29) is 0 Å². The van der Waals surface area contributed by atoms with E-state index in [1.54, 1.807) is 0 Å². The molecule has 0 aliphatic heterocycles. The molecule has 0 amide bonds. The Hall–Kier alpha value is -6.45. The quantitative estimate of drug-likeness (QED) is 0.142. The second-order valence-corrected chi connectivity index (χ2v) is 12.2. The first kappa shape index (κ1) is 27.8. The summed E-state index contributed by atoms with van der Waals surface area (Å²) in [6, 6.07) is 60.2. The van der Waals surface area contributed by atoms with Crippen LogP contribution in [0.2, 0.25) is 0 Å². The molecular weight excluding hydrogens is 583 g/mol. The van der Waals surface area contributed by atoms with Gasteiger partial charge in [-0.25, -0.2) is 0 Å². The van der Waals surface area contributed by atoms with Gasteiger partial charge in [-0.2, -0.15) is 0 Å². The Morgan fingerprint density at radius 3 is 1.85 bits per heavy atom. The van der Waals surface area contributed by atoms with Gasteiger partial charge in [0.1, 0.15) is 0 Å². The summed E-state index contributed by atoms with van der Waals surface area (Å²) in [6.45, 7) is 0. The van der Waals surface area contributed by atoms with E-state index in [1.807, 2.05) is 18.2 Å². The molecule has 2 N–H and O–H groups in total. The van der Waals surface area contributed by atoms with Crippen LogP contribution in [0, 0.1) is 5.41 Å². The van der Waals surface area contributed by atoms with Crippen molar-refractivity contribution >= 4 is 60.9 Å². The fourth-order valence-corrected chi connectivity index (χ4v) is 7.23. The number of hydrogen-bond acceptors (Lipinski definition) is 2. The minimum absolute atomic E-state index is 0.838. The highest BCUT2D eigenvalue weighted by molar-refractivity contribution is 6.31. The van der Waals surface area contributed by atoms with Crippen LogP contribution < -0.4 is 5.32 Å². The van der Waals surface area contributed by atoms with Gasteiger partial charge < -0.3 is 15.3 Å².